The topological polar surface area (TPSA) is 39.6 Å². The molecule has 1 N–H and O–H groups in total. The smallest absolute Gasteiger partial charge is 0.0746 e. The van der Waals surface area contributed by atoms with Gasteiger partial charge in [-0.2, -0.15) is 0 Å². The number of hydrogen-bond donors (Lipinski definition) is 1. The average Bonchev–Trinajstić information content (AvgIpc) is 3.03. The predicted molar refractivity (Wildman–Crippen MR) is 92.2 cm³/mol. The van der Waals surface area contributed by atoms with E-state index in [0.717, 1.165) is 31.6 Å². The molecule has 0 radical (unpaired) electrons. The highest BCUT2D eigenvalue weighted by Crippen LogP contribution is 2.28. The van der Waals surface area contributed by atoms with Crippen molar-refractivity contribution in [1.82, 2.24) is 14.8 Å². The molecule has 4 rings (SSSR count). The Labute approximate surface area is 137 Å². The number of aliphatic hydroxyl groups is 1. The fraction of sp³-hybridized carbons (Fsp3) is 0.526. The molecule has 1 aromatic heterocycles. The maximum absolute atomic E-state index is 9.46. The molecule has 2 aliphatic heterocycles. The number of aromatic nitrogens is 1. The molecule has 23 heavy (non-hydrogen) atoms. The summed E-state index contributed by atoms with van der Waals surface area (Å²) in [4.78, 5) is 9.80. The van der Waals surface area contributed by atoms with Gasteiger partial charge in [-0.3, -0.25) is 14.8 Å². The molecule has 4 heteroatoms. The van der Waals surface area contributed by atoms with Crippen molar-refractivity contribution in [2.24, 2.45) is 0 Å². The average molecular weight is 311 g/mol. The van der Waals surface area contributed by atoms with Crippen LogP contribution in [0.4, 0.5) is 0 Å². The molecule has 2 fully saturated rings. The Morgan fingerprint density at radius 1 is 1.17 bits per heavy atom. The Morgan fingerprint density at radius 2 is 2.09 bits per heavy atom. The summed E-state index contributed by atoms with van der Waals surface area (Å²) in [7, 11) is 0. The van der Waals surface area contributed by atoms with Crippen molar-refractivity contribution in [2.75, 3.05) is 26.2 Å². The summed E-state index contributed by atoms with van der Waals surface area (Å²) < 4.78 is 0. The lowest BCUT2D eigenvalue weighted by Gasteiger charge is -2.43. The molecule has 1 unspecified atom stereocenters. The summed E-state index contributed by atoms with van der Waals surface area (Å²) in [6, 6.07) is 11.7. The number of para-hydroxylation sites is 1. The lowest BCUT2D eigenvalue weighted by Crippen LogP contribution is -2.55. The van der Waals surface area contributed by atoms with Gasteiger partial charge >= 0.3 is 0 Å². The van der Waals surface area contributed by atoms with Gasteiger partial charge in [0.1, 0.15) is 0 Å². The molecule has 0 amide bonds. The Morgan fingerprint density at radius 3 is 3.00 bits per heavy atom. The zero-order chi connectivity index (χ0) is 15.6. The Bertz CT molecular complexity index is 669. The largest absolute Gasteiger partial charge is 0.396 e. The molecule has 0 bridgehead atoms. The monoisotopic (exact) mass is 311 g/mol. The van der Waals surface area contributed by atoms with Crippen LogP contribution in [0.15, 0.2) is 36.5 Å². The van der Waals surface area contributed by atoms with Crippen molar-refractivity contribution in [3.63, 3.8) is 0 Å². The van der Waals surface area contributed by atoms with Crippen LogP contribution in [-0.4, -0.2) is 58.2 Å². The van der Waals surface area contributed by atoms with Crippen LogP contribution >= 0.6 is 0 Å². The van der Waals surface area contributed by atoms with Crippen molar-refractivity contribution in [3.05, 3.63) is 42.1 Å². The van der Waals surface area contributed by atoms with Crippen LogP contribution in [0.1, 0.15) is 24.8 Å². The van der Waals surface area contributed by atoms with Gasteiger partial charge in [-0.25, -0.2) is 0 Å². The molecule has 3 heterocycles. The summed E-state index contributed by atoms with van der Waals surface area (Å²) >= 11 is 0. The summed E-state index contributed by atoms with van der Waals surface area (Å²) in [6.45, 7) is 4.66. The summed E-state index contributed by atoms with van der Waals surface area (Å²) in [5.41, 5.74) is 2.42. The first-order valence-electron chi connectivity index (χ1n) is 8.77. The van der Waals surface area contributed by atoms with E-state index in [1.807, 2.05) is 12.3 Å². The third-order valence-electron chi connectivity index (χ3n) is 5.46. The zero-order valence-electron chi connectivity index (χ0n) is 13.6. The summed E-state index contributed by atoms with van der Waals surface area (Å²) in [5, 5.41) is 10.7. The maximum atomic E-state index is 9.46. The van der Waals surface area contributed by atoms with Crippen LogP contribution in [-0.2, 0) is 6.54 Å². The molecule has 0 saturated carbocycles. The highest BCUT2D eigenvalue weighted by atomic mass is 16.3. The second-order valence-corrected chi connectivity index (χ2v) is 6.88. The van der Waals surface area contributed by atoms with Gasteiger partial charge in [0.15, 0.2) is 0 Å². The van der Waals surface area contributed by atoms with E-state index in [2.05, 4.69) is 39.0 Å². The van der Waals surface area contributed by atoms with Crippen molar-refractivity contribution in [1.29, 1.82) is 0 Å². The van der Waals surface area contributed by atoms with Crippen molar-refractivity contribution < 1.29 is 5.11 Å². The number of rotatable bonds is 4. The molecule has 0 aliphatic carbocycles. The van der Waals surface area contributed by atoms with E-state index >= 15 is 0 Å². The summed E-state index contributed by atoms with van der Waals surface area (Å²) in [5.74, 6) is 0. The van der Waals surface area contributed by atoms with E-state index in [0.29, 0.717) is 12.1 Å². The van der Waals surface area contributed by atoms with Crippen LogP contribution in [0.2, 0.25) is 0 Å². The van der Waals surface area contributed by atoms with Gasteiger partial charge in [0.05, 0.1) is 5.52 Å². The first kappa shape index (κ1) is 15.1. The first-order chi connectivity index (χ1) is 11.3. The van der Waals surface area contributed by atoms with E-state index in [-0.39, 0.29) is 6.61 Å². The van der Waals surface area contributed by atoms with Gasteiger partial charge in [-0.15, -0.1) is 0 Å². The Kier molecular flexibility index (Phi) is 4.29. The molecular weight excluding hydrogens is 286 g/mol. The van der Waals surface area contributed by atoms with Crippen LogP contribution in [0.25, 0.3) is 10.9 Å². The molecule has 2 atom stereocenters. The maximum Gasteiger partial charge on any atom is 0.0746 e. The molecule has 2 aromatic rings. The van der Waals surface area contributed by atoms with Crippen molar-refractivity contribution >= 4 is 10.9 Å². The van der Waals surface area contributed by atoms with Gasteiger partial charge < -0.3 is 5.11 Å². The number of aliphatic hydroxyl groups excluding tert-OH is 1. The van der Waals surface area contributed by atoms with E-state index in [4.69, 9.17) is 0 Å². The second-order valence-electron chi connectivity index (χ2n) is 6.88. The van der Waals surface area contributed by atoms with Gasteiger partial charge in [0.2, 0.25) is 0 Å². The van der Waals surface area contributed by atoms with Crippen molar-refractivity contribution in [2.45, 2.75) is 37.9 Å². The molecule has 0 spiro atoms. The number of piperazine rings is 1. The third-order valence-corrected chi connectivity index (χ3v) is 5.46. The van der Waals surface area contributed by atoms with E-state index in [9.17, 15) is 5.11 Å². The molecule has 1 aromatic carbocycles. The quantitative estimate of drug-likeness (QED) is 0.940. The normalized spacial score (nSPS) is 25.8. The van der Waals surface area contributed by atoms with E-state index in [1.54, 1.807) is 0 Å². The highest BCUT2D eigenvalue weighted by molar-refractivity contribution is 5.81. The molecular formula is C19H25N3O. The molecule has 2 aliphatic rings. The summed E-state index contributed by atoms with van der Waals surface area (Å²) in [6.07, 6.45) is 5.38. The Hall–Kier alpha value is -1.49. The predicted octanol–water partition coefficient (Wildman–Crippen LogP) is 2.27. The van der Waals surface area contributed by atoms with Gasteiger partial charge in [-0.05, 0) is 37.4 Å². The zero-order valence-corrected chi connectivity index (χ0v) is 13.6. The highest BCUT2D eigenvalue weighted by Gasteiger charge is 2.35. The molecule has 4 nitrogen and oxygen atoms in total. The second kappa shape index (κ2) is 6.56. The number of pyridine rings is 1. The minimum atomic E-state index is 0.271. The van der Waals surface area contributed by atoms with Crippen LogP contribution in [0, 0.1) is 0 Å². The molecule has 122 valence electrons. The number of nitrogens with zero attached hydrogens (tertiary/aromatic N) is 3. The van der Waals surface area contributed by atoms with Crippen molar-refractivity contribution in [3.8, 4) is 0 Å². The SMILES string of the molecule is OCC[C@H]1CN2CCCC2CN1Cc1cccc2cccnc12. The van der Waals surface area contributed by atoms with Crippen LogP contribution in [0.5, 0.6) is 0 Å². The standard InChI is InChI=1S/C19H25N3O/c23-11-8-18-13-21-10-3-7-17(21)14-22(18)12-16-5-1-4-15-6-2-9-20-19(15)16/h1-2,4-6,9,17-18,23H,3,7-8,10-14H2/t17?,18-/m0/s1. The first-order valence-corrected chi connectivity index (χ1v) is 8.77. The number of benzene rings is 1. The fourth-order valence-corrected chi connectivity index (χ4v) is 4.28. The molecule has 2 saturated heterocycles. The lowest BCUT2D eigenvalue weighted by atomic mass is 10.0. The number of hydrogen-bond acceptors (Lipinski definition) is 4. The van der Waals surface area contributed by atoms with Gasteiger partial charge in [-0.1, -0.05) is 24.3 Å². The number of fused-ring (bicyclic) bond motifs is 2. The van der Waals surface area contributed by atoms with Crippen LogP contribution in [0.3, 0.4) is 0 Å². The minimum Gasteiger partial charge on any atom is -0.396 e. The van der Waals surface area contributed by atoms with Gasteiger partial charge in [0, 0.05) is 49.9 Å². The van der Waals surface area contributed by atoms with Gasteiger partial charge in [0.25, 0.3) is 0 Å². The Balaban J connectivity index is 1.59. The van der Waals surface area contributed by atoms with E-state index in [1.165, 1.54) is 30.3 Å². The lowest BCUT2D eigenvalue weighted by molar-refractivity contribution is 0.0336. The van der Waals surface area contributed by atoms with Crippen LogP contribution < -0.4 is 0 Å². The fourth-order valence-electron chi connectivity index (χ4n) is 4.28. The van der Waals surface area contributed by atoms with E-state index < -0.39 is 0 Å². The third kappa shape index (κ3) is 2.99. The minimum absolute atomic E-state index is 0.271.